The van der Waals surface area contributed by atoms with Gasteiger partial charge in [-0.05, 0) is 43.3 Å². The van der Waals surface area contributed by atoms with Crippen LogP contribution >= 0.6 is 12.2 Å². The van der Waals surface area contributed by atoms with Crippen LogP contribution in [0.4, 0.5) is 0 Å². The van der Waals surface area contributed by atoms with E-state index >= 15 is 0 Å². The molecule has 18 heavy (non-hydrogen) atoms. The molecular weight excluding hydrogens is 246 g/mol. The van der Waals surface area contributed by atoms with E-state index < -0.39 is 0 Å². The average Bonchev–Trinajstić information content (AvgIpc) is 2.40. The van der Waals surface area contributed by atoms with Gasteiger partial charge in [-0.25, -0.2) is 0 Å². The molecule has 0 saturated carbocycles. The molecular formula is C13H13N3OS. The number of thiocarbonyl (C=S) groups is 1. The number of amides is 1. The van der Waals surface area contributed by atoms with Gasteiger partial charge in [0.1, 0.15) is 0 Å². The van der Waals surface area contributed by atoms with Gasteiger partial charge in [0.05, 0.1) is 5.56 Å². The summed E-state index contributed by atoms with van der Waals surface area (Å²) in [7, 11) is 0. The first-order valence-electron chi connectivity index (χ1n) is 5.65. The zero-order chi connectivity index (χ0) is 12.8. The van der Waals surface area contributed by atoms with Crippen LogP contribution in [0, 0.1) is 0 Å². The highest BCUT2D eigenvalue weighted by atomic mass is 32.1. The zero-order valence-corrected chi connectivity index (χ0v) is 10.5. The van der Waals surface area contributed by atoms with E-state index in [1.54, 1.807) is 18.3 Å². The van der Waals surface area contributed by atoms with Crippen LogP contribution in [-0.2, 0) is 0 Å². The highest BCUT2D eigenvalue weighted by molar-refractivity contribution is 7.80. The van der Waals surface area contributed by atoms with Gasteiger partial charge in [0.15, 0.2) is 5.11 Å². The molecule has 2 N–H and O–H groups in total. The lowest BCUT2D eigenvalue weighted by molar-refractivity contribution is 0.0976. The molecule has 0 unspecified atom stereocenters. The molecule has 0 atom stereocenters. The topological polar surface area (TPSA) is 54.0 Å². The van der Waals surface area contributed by atoms with Crippen LogP contribution in [0.25, 0.3) is 0 Å². The molecule has 0 bridgehead atoms. The molecule has 0 aromatic carbocycles. The Labute approximate surface area is 111 Å². The quantitative estimate of drug-likeness (QED) is 0.797. The number of allylic oxidation sites excluding steroid dienone is 3. The van der Waals surface area contributed by atoms with Crippen LogP contribution in [0.3, 0.4) is 0 Å². The van der Waals surface area contributed by atoms with Gasteiger partial charge in [0.2, 0.25) is 0 Å². The summed E-state index contributed by atoms with van der Waals surface area (Å²) in [6.07, 6.45) is 11.2. The van der Waals surface area contributed by atoms with Crippen molar-refractivity contribution < 1.29 is 4.79 Å². The van der Waals surface area contributed by atoms with Gasteiger partial charge >= 0.3 is 0 Å². The minimum Gasteiger partial charge on any atom is -0.333 e. The molecule has 5 heteroatoms. The van der Waals surface area contributed by atoms with Gasteiger partial charge in [0.25, 0.3) is 5.91 Å². The fourth-order valence-electron chi connectivity index (χ4n) is 1.54. The van der Waals surface area contributed by atoms with Gasteiger partial charge in [-0.3, -0.25) is 15.1 Å². The van der Waals surface area contributed by atoms with Crippen molar-refractivity contribution in [2.45, 2.75) is 12.8 Å². The Morgan fingerprint density at radius 3 is 2.94 bits per heavy atom. The first kappa shape index (κ1) is 12.4. The Hall–Kier alpha value is -2.01. The van der Waals surface area contributed by atoms with E-state index in [2.05, 4.69) is 21.7 Å². The lowest BCUT2D eigenvalue weighted by Crippen LogP contribution is -2.38. The summed E-state index contributed by atoms with van der Waals surface area (Å²) in [5.74, 6) is -0.263. The average molecular weight is 259 g/mol. The highest BCUT2D eigenvalue weighted by Gasteiger charge is 2.08. The molecule has 92 valence electrons. The van der Waals surface area contributed by atoms with Crippen molar-refractivity contribution in [2.75, 3.05) is 0 Å². The number of aromatic nitrogens is 1. The molecule has 1 heterocycles. The largest absolute Gasteiger partial charge is 0.333 e. The Balaban J connectivity index is 1.90. The fraction of sp³-hybridized carbons (Fsp3) is 0.154. The maximum absolute atomic E-state index is 11.8. The minimum atomic E-state index is -0.263. The first-order valence-corrected chi connectivity index (χ1v) is 6.05. The molecule has 0 aliphatic heterocycles. The predicted molar refractivity (Wildman–Crippen MR) is 73.9 cm³/mol. The van der Waals surface area contributed by atoms with Crippen LogP contribution < -0.4 is 10.6 Å². The third-order valence-corrected chi connectivity index (χ3v) is 2.61. The molecule has 0 saturated heterocycles. The molecule has 2 rings (SSSR count). The Bertz CT molecular complexity index is 508. The van der Waals surface area contributed by atoms with Crippen molar-refractivity contribution in [3.8, 4) is 0 Å². The molecule has 1 aromatic heterocycles. The van der Waals surface area contributed by atoms with Crippen molar-refractivity contribution in [2.24, 2.45) is 0 Å². The van der Waals surface area contributed by atoms with Crippen molar-refractivity contribution in [3.63, 3.8) is 0 Å². The van der Waals surface area contributed by atoms with Crippen LogP contribution in [0.5, 0.6) is 0 Å². The molecule has 1 amide bonds. The van der Waals surface area contributed by atoms with E-state index in [4.69, 9.17) is 12.2 Å². The Morgan fingerprint density at radius 1 is 1.39 bits per heavy atom. The number of hydrogen-bond acceptors (Lipinski definition) is 3. The second-order valence-corrected chi connectivity index (χ2v) is 4.20. The van der Waals surface area contributed by atoms with E-state index in [0.29, 0.717) is 10.7 Å². The second-order valence-electron chi connectivity index (χ2n) is 3.79. The molecule has 0 radical (unpaired) electrons. The highest BCUT2D eigenvalue weighted by Crippen LogP contribution is 2.06. The summed E-state index contributed by atoms with van der Waals surface area (Å²) in [4.78, 5) is 15.7. The van der Waals surface area contributed by atoms with E-state index in [1.807, 2.05) is 12.2 Å². The van der Waals surface area contributed by atoms with Crippen molar-refractivity contribution >= 4 is 23.2 Å². The van der Waals surface area contributed by atoms with Gasteiger partial charge in [-0.15, -0.1) is 0 Å². The normalized spacial score (nSPS) is 13.7. The molecule has 1 aromatic rings. The summed E-state index contributed by atoms with van der Waals surface area (Å²) < 4.78 is 0. The first-order chi connectivity index (χ1) is 8.75. The predicted octanol–water partition coefficient (Wildman–Crippen LogP) is 1.92. The smallest absolute Gasteiger partial charge is 0.258 e. The monoisotopic (exact) mass is 259 g/mol. The molecule has 1 aliphatic carbocycles. The molecule has 4 nitrogen and oxygen atoms in total. The van der Waals surface area contributed by atoms with Gasteiger partial charge < -0.3 is 5.32 Å². The molecule has 0 fully saturated rings. The third kappa shape index (κ3) is 3.49. The number of rotatable bonds is 2. The van der Waals surface area contributed by atoms with E-state index in [-0.39, 0.29) is 5.91 Å². The van der Waals surface area contributed by atoms with Crippen molar-refractivity contribution in [1.29, 1.82) is 0 Å². The van der Waals surface area contributed by atoms with Crippen LogP contribution in [0.1, 0.15) is 23.2 Å². The number of hydrogen-bond donors (Lipinski definition) is 2. The lowest BCUT2D eigenvalue weighted by Gasteiger charge is -2.12. The maximum Gasteiger partial charge on any atom is 0.258 e. The summed E-state index contributed by atoms with van der Waals surface area (Å²) in [5, 5.41) is 5.88. The summed E-state index contributed by atoms with van der Waals surface area (Å²) in [5.41, 5.74) is 1.40. The number of nitrogens with one attached hydrogen (secondary N) is 2. The third-order valence-electron chi connectivity index (χ3n) is 2.40. The summed E-state index contributed by atoms with van der Waals surface area (Å²) in [6.45, 7) is 0. The number of carbonyl (C=O) groups excluding carboxylic acids is 1. The van der Waals surface area contributed by atoms with Gasteiger partial charge in [-0.2, -0.15) is 0 Å². The number of nitrogens with zero attached hydrogens (tertiary/aromatic N) is 1. The summed E-state index contributed by atoms with van der Waals surface area (Å²) >= 11 is 5.07. The Kier molecular flexibility index (Phi) is 4.20. The maximum atomic E-state index is 11.8. The Morgan fingerprint density at radius 2 is 2.28 bits per heavy atom. The standard InChI is InChI=1S/C13H13N3OS/c17-12(10-5-4-8-14-9-10)16-13(18)15-11-6-2-1-3-7-11/h2,4-9H,1,3H2,(H2,15,16,17,18). The van der Waals surface area contributed by atoms with Crippen LogP contribution in [0.2, 0.25) is 0 Å². The van der Waals surface area contributed by atoms with Gasteiger partial charge in [0, 0.05) is 18.1 Å². The van der Waals surface area contributed by atoms with E-state index in [9.17, 15) is 4.79 Å². The van der Waals surface area contributed by atoms with E-state index in [1.165, 1.54) is 6.20 Å². The van der Waals surface area contributed by atoms with Crippen LogP contribution in [0.15, 0.2) is 48.5 Å². The van der Waals surface area contributed by atoms with Crippen LogP contribution in [-0.4, -0.2) is 16.0 Å². The summed E-state index contributed by atoms with van der Waals surface area (Å²) in [6, 6.07) is 3.39. The zero-order valence-electron chi connectivity index (χ0n) is 9.72. The molecule has 1 aliphatic rings. The lowest BCUT2D eigenvalue weighted by atomic mass is 10.1. The van der Waals surface area contributed by atoms with E-state index in [0.717, 1.165) is 18.5 Å². The fourth-order valence-corrected chi connectivity index (χ4v) is 1.75. The van der Waals surface area contributed by atoms with Crippen molar-refractivity contribution in [1.82, 2.24) is 15.6 Å². The minimum absolute atomic E-state index is 0.263. The SMILES string of the molecule is O=C(NC(=S)NC1=CCCC=C1)c1cccnc1. The van der Waals surface area contributed by atoms with Gasteiger partial charge in [-0.1, -0.05) is 12.2 Å². The number of carbonyl (C=O) groups is 1. The van der Waals surface area contributed by atoms with Crippen molar-refractivity contribution in [3.05, 3.63) is 54.0 Å². The molecule has 0 spiro atoms. The number of pyridine rings is 1. The second kappa shape index (κ2) is 6.07.